The monoisotopic (exact) mass is 279 g/mol. The van der Waals surface area contributed by atoms with Crippen molar-refractivity contribution in [3.8, 4) is 0 Å². The van der Waals surface area contributed by atoms with Crippen LogP contribution in [0.4, 0.5) is 4.79 Å². The van der Waals surface area contributed by atoms with Gasteiger partial charge in [0.2, 0.25) is 0 Å². The van der Waals surface area contributed by atoms with Crippen molar-refractivity contribution < 1.29 is 17.9 Å². The molecule has 0 spiro atoms. The van der Waals surface area contributed by atoms with Gasteiger partial charge in [-0.05, 0) is 33.7 Å². The van der Waals surface area contributed by atoms with E-state index < -0.39 is 16.3 Å². The number of hydrogen-bond donors (Lipinski definition) is 2. The van der Waals surface area contributed by atoms with E-state index in [1.165, 1.54) is 4.31 Å². The molecule has 8 heteroatoms. The Hall–Kier alpha value is -0.860. The fraction of sp³-hybridized carbons (Fsp3) is 0.900. The number of hydrogen-bond acceptors (Lipinski definition) is 5. The zero-order valence-electron chi connectivity index (χ0n) is 11.0. The first-order chi connectivity index (χ1) is 8.33. The summed E-state index contributed by atoms with van der Waals surface area (Å²) in [7, 11) is -1.92. The average Bonchev–Trinajstić information content (AvgIpc) is 2.29. The summed E-state index contributed by atoms with van der Waals surface area (Å²) < 4.78 is 31.4. The van der Waals surface area contributed by atoms with Crippen LogP contribution in [0.3, 0.4) is 0 Å². The Balaban J connectivity index is 2.58. The van der Waals surface area contributed by atoms with Crippen molar-refractivity contribution in [2.45, 2.75) is 32.2 Å². The predicted molar refractivity (Wildman–Crippen MR) is 67.3 cm³/mol. The van der Waals surface area contributed by atoms with E-state index in [4.69, 9.17) is 0 Å². The third-order valence-electron chi connectivity index (χ3n) is 3.26. The summed E-state index contributed by atoms with van der Waals surface area (Å²) in [4.78, 5) is 11.1. The van der Waals surface area contributed by atoms with E-state index in [9.17, 15) is 13.2 Å². The molecular formula is C10H21N3O4S. The number of amides is 1. The SMILES string of the molecule is CCOC(=O)NS(=O)(=O)N1CCC(C)(NC)CC1. The molecule has 1 heterocycles. The average molecular weight is 279 g/mol. The molecule has 106 valence electrons. The minimum absolute atomic E-state index is 0.0457. The molecule has 1 aliphatic rings. The Morgan fingerprint density at radius 3 is 2.39 bits per heavy atom. The molecule has 0 bridgehead atoms. The third-order valence-corrected chi connectivity index (χ3v) is 4.73. The molecule has 0 aliphatic carbocycles. The molecule has 2 N–H and O–H groups in total. The molecule has 7 nitrogen and oxygen atoms in total. The van der Waals surface area contributed by atoms with Gasteiger partial charge >= 0.3 is 16.3 Å². The van der Waals surface area contributed by atoms with Gasteiger partial charge in [-0.25, -0.2) is 9.52 Å². The number of carbonyl (C=O) groups is 1. The Bertz CT molecular complexity index is 388. The van der Waals surface area contributed by atoms with Gasteiger partial charge in [-0.1, -0.05) is 0 Å². The second-order valence-electron chi connectivity index (χ2n) is 4.54. The summed E-state index contributed by atoms with van der Waals surface area (Å²) in [6.07, 6.45) is 0.472. The highest BCUT2D eigenvalue weighted by Crippen LogP contribution is 2.22. The van der Waals surface area contributed by atoms with E-state index in [1.807, 2.05) is 11.8 Å². The summed E-state index contributed by atoms with van der Waals surface area (Å²) >= 11 is 0. The van der Waals surface area contributed by atoms with Crippen molar-refractivity contribution in [1.82, 2.24) is 14.3 Å². The summed E-state index contributed by atoms with van der Waals surface area (Å²) in [6.45, 7) is 4.57. The zero-order valence-corrected chi connectivity index (χ0v) is 11.8. The van der Waals surface area contributed by atoms with Gasteiger partial charge in [0.1, 0.15) is 0 Å². The van der Waals surface area contributed by atoms with E-state index in [2.05, 4.69) is 17.0 Å². The fourth-order valence-electron chi connectivity index (χ4n) is 1.80. The first kappa shape index (κ1) is 15.2. The highest BCUT2D eigenvalue weighted by atomic mass is 32.2. The van der Waals surface area contributed by atoms with Gasteiger partial charge in [-0.15, -0.1) is 0 Å². The molecular weight excluding hydrogens is 258 g/mol. The summed E-state index contributed by atoms with van der Waals surface area (Å²) in [5.74, 6) is 0. The van der Waals surface area contributed by atoms with Crippen LogP contribution in [-0.4, -0.2) is 51.1 Å². The summed E-state index contributed by atoms with van der Waals surface area (Å²) in [6, 6.07) is 0. The van der Waals surface area contributed by atoms with Gasteiger partial charge < -0.3 is 10.1 Å². The lowest BCUT2D eigenvalue weighted by Gasteiger charge is -2.38. The van der Waals surface area contributed by atoms with Crippen molar-refractivity contribution in [3.63, 3.8) is 0 Å². The summed E-state index contributed by atoms with van der Waals surface area (Å²) in [5, 5.41) is 3.18. The van der Waals surface area contributed by atoms with E-state index in [-0.39, 0.29) is 12.1 Å². The molecule has 1 rings (SSSR count). The molecule has 18 heavy (non-hydrogen) atoms. The zero-order chi connectivity index (χ0) is 13.8. The number of piperidine rings is 1. The molecule has 1 aliphatic heterocycles. The molecule has 1 saturated heterocycles. The second kappa shape index (κ2) is 5.85. The molecule has 0 unspecified atom stereocenters. The maximum atomic E-state index is 11.9. The number of rotatable bonds is 4. The van der Waals surface area contributed by atoms with Crippen molar-refractivity contribution in [2.75, 3.05) is 26.7 Å². The third kappa shape index (κ3) is 3.82. The smallest absolute Gasteiger partial charge is 0.421 e. The molecule has 0 radical (unpaired) electrons. The quantitative estimate of drug-likeness (QED) is 0.759. The lowest BCUT2D eigenvalue weighted by Crippen LogP contribution is -2.54. The lowest BCUT2D eigenvalue weighted by molar-refractivity contribution is 0.157. The number of carbonyl (C=O) groups excluding carboxylic acids is 1. The first-order valence-electron chi connectivity index (χ1n) is 5.96. The Labute approximate surface area is 108 Å². The predicted octanol–water partition coefficient (Wildman–Crippen LogP) is 0.0512. The minimum Gasteiger partial charge on any atom is -0.449 e. The second-order valence-corrected chi connectivity index (χ2v) is 6.21. The van der Waals surface area contributed by atoms with Crippen LogP contribution in [0.2, 0.25) is 0 Å². The summed E-state index contributed by atoms with van der Waals surface area (Å²) in [5.41, 5.74) is -0.0457. The topological polar surface area (TPSA) is 87.7 Å². The van der Waals surface area contributed by atoms with Crippen molar-refractivity contribution in [2.24, 2.45) is 0 Å². The van der Waals surface area contributed by atoms with Gasteiger partial charge in [-0.2, -0.15) is 12.7 Å². The maximum Gasteiger partial charge on any atom is 0.421 e. The Kier molecular flexibility index (Phi) is 4.94. The molecule has 0 aromatic carbocycles. The Morgan fingerprint density at radius 2 is 1.94 bits per heavy atom. The van der Waals surface area contributed by atoms with Gasteiger partial charge in [0.15, 0.2) is 0 Å². The van der Waals surface area contributed by atoms with E-state index in [1.54, 1.807) is 6.92 Å². The molecule has 1 amide bonds. The van der Waals surface area contributed by atoms with Crippen LogP contribution >= 0.6 is 0 Å². The van der Waals surface area contributed by atoms with Crippen LogP contribution < -0.4 is 10.0 Å². The number of nitrogens with zero attached hydrogens (tertiary/aromatic N) is 1. The normalized spacial score (nSPS) is 20.4. The Morgan fingerprint density at radius 1 is 1.39 bits per heavy atom. The van der Waals surface area contributed by atoms with E-state index in [0.29, 0.717) is 25.9 Å². The van der Waals surface area contributed by atoms with E-state index in [0.717, 1.165) is 0 Å². The molecule has 0 aromatic heterocycles. The van der Waals surface area contributed by atoms with Crippen LogP contribution in [0.5, 0.6) is 0 Å². The highest BCUT2D eigenvalue weighted by Gasteiger charge is 2.34. The van der Waals surface area contributed by atoms with Crippen LogP contribution in [0.1, 0.15) is 26.7 Å². The van der Waals surface area contributed by atoms with Gasteiger partial charge in [0.05, 0.1) is 6.61 Å². The first-order valence-corrected chi connectivity index (χ1v) is 7.40. The van der Waals surface area contributed by atoms with Crippen LogP contribution in [0.25, 0.3) is 0 Å². The van der Waals surface area contributed by atoms with Crippen molar-refractivity contribution in [1.29, 1.82) is 0 Å². The molecule has 0 saturated carbocycles. The highest BCUT2D eigenvalue weighted by molar-refractivity contribution is 7.87. The van der Waals surface area contributed by atoms with Gasteiger partial charge in [0, 0.05) is 18.6 Å². The molecule has 0 atom stereocenters. The van der Waals surface area contributed by atoms with Crippen LogP contribution in [-0.2, 0) is 14.9 Å². The van der Waals surface area contributed by atoms with Gasteiger partial charge in [-0.3, -0.25) is 0 Å². The maximum absolute atomic E-state index is 11.9. The largest absolute Gasteiger partial charge is 0.449 e. The van der Waals surface area contributed by atoms with E-state index >= 15 is 0 Å². The fourth-order valence-corrected chi connectivity index (χ4v) is 2.86. The minimum atomic E-state index is -3.78. The number of ether oxygens (including phenoxy) is 1. The van der Waals surface area contributed by atoms with Crippen molar-refractivity contribution in [3.05, 3.63) is 0 Å². The lowest BCUT2D eigenvalue weighted by atomic mass is 9.91. The standard InChI is InChI=1S/C10H21N3O4S/c1-4-17-9(14)12-18(15,16)13-7-5-10(2,11-3)6-8-13/h11H,4-8H2,1-3H3,(H,12,14). The number of nitrogens with one attached hydrogen (secondary N) is 2. The van der Waals surface area contributed by atoms with Crippen LogP contribution in [0, 0.1) is 0 Å². The van der Waals surface area contributed by atoms with Crippen LogP contribution in [0.15, 0.2) is 0 Å². The molecule has 0 aromatic rings. The molecule has 1 fully saturated rings. The van der Waals surface area contributed by atoms with Gasteiger partial charge in [0.25, 0.3) is 0 Å². The van der Waals surface area contributed by atoms with Crippen molar-refractivity contribution >= 4 is 16.3 Å².